The van der Waals surface area contributed by atoms with Crippen LogP contribution in [0.2, 0.25) is 0 Å². The number of nitrogens with one attached hydrogen (secondary N) is 1. The van der Waals surface area contributed by atoms with Crippen molar-refractivity contribution < 1.29 is 4.92 Å². The second-order valence-corrected chi connectivity index (χ2v) is 6.66. The summed E-state index contributed by atoms with van der Waals surface area (Å²) in [6, 6.07) is 0. The highest BCUT2D eigenvalue weighted by molar-refractivity contribution is 9.10. The number of hydrogen-bond acceptors (Lipinski definition) is 5. The summed E-state index contributed by atoms with van der Waals surface area (Å²) in [6.07, 6.45) is 6.13. The molecule has 0 amide bonds. The highest BCUT2D eigenvalue weighted by Crippen LogP contribution is 2.35. The fourth-order valence-corrected chi connectivity index (χ4v) is 3.39. The van der Waals surface area contributed by atoms with Gasteiger partial charge >= 0.3 is 0 Å². The molecule has 1 aromatic rings. The molecular weight excluding hydrogens is 336 g/mol. The van der Waals surface area contributed by atoms with Gasteiger partial charge in [0.15, 0.2) is 0 Å². The lowest BCUT2D eigenvalue weighted by Gasteiger charge is -2.36. The lowest BCUT2D eigenvalue weighted by Crippen LogP contribution is -2.47. The summed E-state index contributed by atoms with van der Waals surface area (Å²) in [6.45, 7) is 2.52. The van der Waals surface area contributed by atoms with Crippen LogP contribution in [-0.4, -0.2) is 41.0 Å². The van der Waals surface area contributed by atoms with Gasteiger partial charge < -0.3 is 10.2 Å². The number of nitro groups is 1. The molecule has 0 unspecified atom stereocenters. The SMILES string of the molecule is Cc1c([N+](=O)[O-])cnc(NCC2(N(C)C)CCCC2)c1Br. The van der Waals surface area contributed by atoms with E-state index in [-0.39, 0.29) is 11.2 Å². The van der Waals surface area contributed by atoms with Gasteiger partial charge in [-0.3, -0.25) is 10.1 Å². The van der Waals surface area contributed by atoms with E-state index in [0.717, 1.165) is 19.4 Å². The molecule has 0 atom stereocenters. The standard InChI is InChI=1S/C14H21BrN4O2/c1-10-11(19(20)21)8-16-13(12(10)15)17-9-14(18(2)3)6-4-5-7-14/h8H,4-7,9H2,1-3H3,(H,16,17). The second kappa shape index (κ2) is 6.27. The van der Waals surface area contributed by atoms with Crippen LogP contribution in [0.3, 0.4) is 0 Å². The Morgan fingerprint density at radius 2 is 2.10 bits per heavy atom. The Kier molecular flexibility index (Phi) is 4.83. The minimum absolute atomic E-state index is 0.0376. The summed E-state index contributed by atoms with van der Waals surface area (Å²) in [5, 5.41) is 14.3. The van der Waals surface area contributed by atoms with Gasteiger partial charge in [-0.25, -0.2) is 4.98 Å². The normalized spacial score (nSPS) is 17.2. The van der Waals surface area contributed by atoms with Crippen LogP contribution >= 0.6 is 15.9 Å². The molecule has 7 heteroatoms. The summed E-state index contributed by atoms with van der Waals surface area (Å²) >= 11 is 3.42. The molecule has 0 spiro atoms. The zero-order valence-electron chi connectivity index (χ0n) is 12.6. The molecule has 0 aliphatic heterocycles. The van der Waals surface area contributed by atoms with Crippen molar-refractivity contribution in [2.24, 2.45) is 0 Å². The minimum Gasteiger partial charge on any atom is -0.367 e. The van der Waals surface area contributed by atoms with Crippen molar-refractivity contribution in [2.75, 3.05) is 26.0 Å². The van der Waals surface area contributed by atoms with E-state index >= 15 is 0 Å². The maximum atomic E-state index is 10.9. The summed E-state index contributed by atoms with van der Waals surface area (Å²) in [5.74, 6) is 0.672. The smallest absolute Gasteiger partial charge is 0.291 e. The van der Waals surface area contributed by atoms with Crippen LogP contribution < -0.4 is 5.32 Å². The summed E-state index contributed by atoms with van der Waals surface area (Å²) in [5.41, 5.74) is 0.787. The van der Waals surface area contributed by atoms with E-state index in [4.69, 9.17) is 0 Å². The first-order valence-corrected chi connectivity index (χ1v) is 7.87. The fourth-order valence-electron chi connectivity index (χ4n) is 2.94. The highest BCUT2D eigenvalue weighted by atomic mass is 79.9. The summed E-state index contributed by atoms with van der Waals surface area (Å²) in [7, 11) is 4.22. The quantitative estimate of drug-likeness (QED) is 0.646. The number of likely N-dealkylation sites (N-methyl/N-ethyl adjacent to an activating group) is 1. The van der Waals surface area contributed by atoms with Crippen molar-refractivity contribution in [1.82, 2.24) is 9.88 Å². The maximum absolute atomic E-state index is 10.9. The van der Waals surface area contributed by atoms with E-state index in [0.29, 0.717) is 15.9 Å². The third-order valence-corrected chi connectivity index (χ3v) is 5.47. The molecule has 1 saturated carbocycles. The van der Waals surface area contributed by atoms with Crippen LogP contribution in [0.15, 0.2) is 10.7 Å². The molecule has 1 heterocycles. The summed E-state index contributed by atoms with van der Waals surface area (Å²) in [4.78, 5) is 17.0. The molecule has 0 aromatic carbocycles. The average molecular weight is 357 g/mol. The zero-order valence-corrected chi connectivity index (χ0v) is 14.2. The molecule has 0 saturated heterocycles. The Labute approximate surface area is 133 Å². The van der Waals surface area contributed by atoms with Gasteiger partial charge in [0, 0.05) is 17.6 Å². The molecule has 1 N–H and O–H groups in total. The molecule has 6 nitrogen and oxygen atoms in total. The Bertz CT molecular complexity index is 542. The first-order chi connectivity index (χ1) is 9.87. The van der Waals surface area contributed by atoms with Gasteiger partial charge in [-0.2, -0.15) is 0 Å². The predicted octanol–water partition coefficient (Wildman–Crippen LogP) is 3.35. The molecule has 0 radical (unpaired) electrons. The molecule has 0 bridgehead atoms. The van der Waals surface area contributed by atoms with Crippen molar-refractivity contribution in [2.45, 2.75) is 38.1 Å². The largest absolute Gasteiger partial charge is 0.367 e. The minimum atomic E-state index is -0.408. The zero-order chi connectivity index (χ0) is 15.6. The van der Waals surface area contributed by atoms with Gasteiger partial charge in [0.25, 0.3) is 5.69 Å². The first kappa shape index (κ1) is 16.2. The van der Waals surface area contributed by atoms with Crippen molar-refractivity contribution in [3.63, 3.8) is 0 Å². The highest BCUT2D eigenvalue weighted by Gasteiger charge is 2.36. The number of halogens is 1. The van der Waals surface area contributed by atoms with Crippen LogP contribution in [0.4, 0.5) is 11.5 Å². The molecule has 21 heavy (non-hydrogen) atoms. The van der Waals surface area contributed by atoms with Crippen LogP contribution in [0.25, 0.3) is 0 Å². The Morgan fingerprint density at radius 1 is 1.48 bits per heavy atom. The van der Waals surface area contributed by atoms with Crippen molar-refractivity contribution in [1.29, 1.82) is 0 Å². The second-order valence-electron chi connectivity index (χ2n) is 5.87. The number of anilines is 1. The average Bonchev–Trinajstić information content (AvgIpc) is 2.90. The van der Waals surface area contributed by atoms with E-state index in [2.05, 4.69) is 45.2 Å². The third-order valence-electron chi connectivity index (χ3n) is 4.50. The van der Waals surface area contributed by atoms with Gasteiger partial charge in [-0.1, -0.05) is 12.8 Å². The fraction of sp³-hybridized carbons (Fsp3) is 0.643. The van der Waals surface area contributed by atoms with Crippen LogP contribution in [-0.2, 0) is 0 Å². The van der Waals surface area contributed by atoms with E-state index in [1.165, 1.54) is 19.0 Å². The van der Waals surface area contributed by atoms with E-state index < -0.39 is 4.92 Å². The van der Waals surface area contributed by atoms with Crippen LogP contribution in [0.1, 0.15) is 31.2 Å². The number of hydrogen-bond donors (Lipinski definition) is 1. The topological polar surface area (TPSA) is 71.3 Å². The van der Waals surface area contributed by atoms with Gasteiger partial charge in [-0.05, 0) is 49.8 Å². The van der Waals surface area contributed by atoms with Gasteiger partial charge in [-0.15, -0.1) is 0 Å². The van der Waals surface area contributed by atoms with Gasteiger partial charge in [0.05, 0.1) is 9.40 Å². The molecule has 116 valence electrons. The van der Waals surface area contributed by atoms with E-state index in [9.17, 15) is 10.1 Å². The first-order valence-electron chi connectivity index (χ1n) is 7.08. The number of pyridine rings is 1. The van der Waals surface area contributed by atoms with E-state index in [1.54, 1.807) is 6.92 Å². The molecule has 1 aliphatic rings. The Hall–Kier alpha value is -1.21. The molecule has 2 rings (SSSR count). The number of aromatic nitrogens is 1. The predicted molar refractivity (Wildman–Crippen MR) is 86.7 cm³/mol. The van der Waals surface area contributed by atoms with Crippen molar-refractivity contribution in [3.8, 4) is 0 Å². The van der Waals surface area contributed by atoms with E-state index in [1.807, 2.05) is 0 Å². The van der Waals surface area contributed by atoms with Crippen LogP contribution in [0.5, 0.6) is 0 Å². The number of nitrogens with zero attached hydrogens (tertiary/aromatic N) is 3. The van der Waals surface area contributed by atoms with Crippen molar-refractivity contribution >= 4 is 27.4 Å². The Morgan fingerprint density at radius 3 is 2.62 bits per heavy atom. The Balaban J connectivity index is 2.17. The van der Waals surface area contributed by atoms with Crippen molar-refractivity contribution in [3.05, 3.63) is 26.3 Å². The third kappa shape index (κ3) is 3.18. The lowest BCUT2D eigenvalue weighted by molar-refractivity contribution is -0.385. The lowest BCUT2D eigenvalue weighted by atomic mass is 9.96. The molecule has 1 aromatic heterocycles. The van der Waals surface area contributed by atoms with Crippen LogP contribution in [0, 0.1) is 17.0 Å². The monoisotopic (exact) mass is 356 g/mol. The molecular formula is C14H21BrN4O2. The maximum Gasteiger partial charge on any atom is 0.291 e. The number of rotatable bonds is 5. The van der Waals surface area contributed by atoms with Gasteiger partial charge in [0.2, 0.25) is 0 Å². The molecule has 1 aliphatic carbocycles. The van der Waals surface area contributed by atoms with Gasteiger partial charge in [0.1, 0.15) is 12.0 Å². The summed E-state index contributed by atoms with van der Waals surface area (Å²) < 4.78 is 0.670. The molecule has 1 fully saturated rings.